The Labute approximate surface area is 110 Å². The van der Waals surface area contributed by atoms with E-state index in [4.69, 9.17) is 23.2 Å². The van der Waals surface area contributed by atoms with E-state index in [2.05, 4.69) is 0 Å². The van der Waals surface area contributed by atoms with Crippen LogP contribution >= 0.6 is 23.2 Å². The van der Waals surface area contributed by atoms with Crippen molar-refractivity contribution in [2.75, 3.05) is 0 Å². The van der Waals surface area contributed by atoms with Crippen LogP contribution in [-0.4, -0.2) is 11.1 Å². The zero-order chi connectivity index (χ0) is 13.2. The van der Waals surface area contributed by atoms with Crippen LogP contribution < -0.4 is 5.11 Å². The van der Waals surface area contributed by atoms with Crippen LogP contribution in [0.15, 0.2) is 18.2 Å². The summed E-state index contributed by atoms with van der Waals surface area (Å²) in [5, 5.41) is 19.5. The molecular formula is C12H13Cl2O3-. The number of carbonyl (C=O) groups excluding carboxylic acids is 1. The van der Waals surface area contributed by atoms with Gasteiger partial charge < -0.3 is 15.0 Å². The molecule has 94 valence electrons. The number of aliphatic hydroxyl groups is 1. The largest absolute Gasteiger partial charge is 0.547 e. The van der Waals surface area contributed by atoms with Gasteiger partial charge in [0, 0.05) is 0 Å². The van der Waals surface area contributed by atoms with Crippen LogP contribution in [0, 0.1) is 0 Å². The van der Waals surface area contributed by atoms with Gasteiger partial charge in [-0.3, -0.25) is 0 Å². The van der Waals surface area contributed by atoms with Crippen molar-refractivity contribution in [3.63, 3.8) is 0 Å². The minimum Gasteiger partial charge on any atom is -0.547 e. The normalized spacial score (nSPS) is 16.3. The summed E-state index contributed by atoms with van der Waals surface area (Å²) in [4.78, 5) is 10.7. The molecule has 3 nitrogen and oxygen atoms in total. The summed E-state index contributed by atoms with van der Waals surface area (Å²) in [7, 11) is 0. The number of aliphatic hydroxyl groups excluding tert-OH is 1. The standard InChI is InChI=1S/C12H14Cl2O3/c1-6(13)8-3-4-9(11(15)12(16)17)10(5-8)7(2)14/h3-7,11,15H,1-2H3,(H,16,17)/p-1. The maximum absolute atomic E-state index is 10.7. The van der Waals surface area contributed by atoms with Crippen LogP contribution in [-0.2, 0) is 4.79 Å². The molecule has 0 spiro atoms. The first-order valence-corrected chi connectivity index (χ1v) is 6.02. The van der Waals surface area contributed by atoms with Gasteiger partial charge in [-0.25, -0.2) is 0 Å². The molecule has 0 heterocycles. The van der Waals surface area contributed by atoms with Gasteiger partial charge in [0.2, 0.25) is 0 Å². The predicted molar refractivity (Wildman–Crippen MR) is 64.9 cm³/mol. The molecule has 1 N–H and O–H groups in total. The highest BCUT2D eigenvalue weighted by atomic mass is 35.5. The number of carboxylic acid groups (broad SMARTS) is 1. The minimum atomic E-state index is -1.68. The number of carbonyl (C=O) groups is 1. The van der Waals surface area contributed by atoms with Crippen LogP contribution in [0.25, 0.3) is 0 Å². The molecule has 0 aliphatic carbocycles. The molecule has 1 aromatic carbocycles. The highest BCUT2D eigenvalue weighted by Gasteiger charge is 2.17. The Morgan fingerprint density at radius 2 is 1.82 bits per heavy atom. The number of rotatable bonds is 4. The lowest BCUT2D eigenvalue weighted by Crippen LogP contribution is -2.30. The second-order valence-electron chi connectivity index (χ2n) is 3.84. The first kappa shape index (κ1) is 14.3. The van der Waals surface area contributed by atoms with Gasteiger partial charge in [-0.2, -0.15) is 0 Å². The van der Waals surface area contributed by atoms with E-state index < -0.39 is 17.5 Å². The van der Waals surface area contributed by atoms with Crippen molar-refractivity contribution in [3.8, 4) is 0 Å². The molecule has 5 heteroatoms. The van der Waals surface area contributed by atoms with Crippen molar-refractivity contribution in [1.82, 2.24) is 0 Å². The van der Waals surface area contributed by atoms with Crippen LogP contribution in [0.1, 0.15) is 47.4 Å². The second-order valence-corrected chi connectivity index (χ2v) is 5.15. The van der Waals surface area contributed by atoms with E-state index in [0.717, 1.165) is 5.56 Å². The minimum absolute atomic E-state index is 0.210. The van der Waals surface area contributed by atoms with Gasteiger partial charge >= 0.3 is 0 Å². The van der Waals surface area contributed by atoms with Crippen molar-refractivity contribution in [1.29, 1.82) is 0 Å². The Balaban J connectivity index is 3.27. The van der Waals surface area contributed by atoms with Gasteiger partial charge in [0.05, 0.1) is 16.7 Å². The summed E-state index contributed by atoms with van der Waals surface area (Å²) >= 11 is 11.9. The third kappa shape index (κ3) is 3.35. The quantitative estimate of drug-likeness (QED) is 0.856. The Kier molecular flexibility index (Phi) is 4.80. The summed E-state index contributed by atoms with van der Waals surface area (Å²) in [6.45, 7) is 3.50. The predicted octanol–water partition coefficient (Wildman–Crippen LogP) is 2.07. The zero-order valence-corrected chi connectivity index (χ0v) is 11.0. The Morgan fingerprint density at radius 3 is 2.24 bits per heavy atom. The highest BCUT2D eigenvalue weighted by Crippen LogP contribution is 2.31. The molecule has 3 unspecified atom stereocenters. The van der Waals surface area contributed by atoms with Gasteiger partial charge in [0.15, 0.2) is 0 Å². The van der Waals surface area contributed by atoms with E-state index in [9.17, 15) is 15.0 Å². The first-order chi connectivity index (χ1) is 7.84. The van der Waals surface area contributed by atoms with Crippen LogP contribution in [0.3, 0.4) is 0 Å². The smallest absolute Gasteiger partial charge is 0.119 e. The number of benzene rings is 1. The molecular weight excluding hydrogens is 263 g/mol. The average molecular weight is 276 g/mol. The molecule has 0 bridgehead atoms. The van der Waals surface area contributed by atoms with Crippen LogP contribution in [0.2, 0.25) is 0 Å². The van der Waals surface area contributed by atoms with Crippen molar-refractivity contribution < 1.29 is 15.0 Å². The van der Waals surface area contributed by atoms with Crippen molar-refractivity contribution >= 4 is 29.2 Å². The maximum atomic E-state index is 10.7. The average Bonchev–Trinajstić information content (AvgIpc) is 2.26. The number of alkyl halides is 2. The Bertz CT molecular complexity index is 416. The van der Waals surface area contributed by atoms with Crippen LogP contribution in [0.5, 0.6) is 0 Å². The molecule has 1 rings (SSSR count). The lowest BCUT2D eigenvalue weighted by Gasteiger charge is -2.19. The fourth-order valence-corrected chi connectivity index (χ4v) is 1.89. The third-order valence-electron chi connectivity index (χ3n) is 2.52. The molecule has 0 radical (unpaired) electrons. The molecule has 0 amide bonds. The van der Waals surface area contributed by atoms with Crippen LogP contribution in [0.4, 0.5) is 0 Å². The van der Waals surface area contributed by atoms with E-state index >= 15 is 0 Å². The van der Waals surface area contributed by atoms with E-state index in [-0.39, 0.29) is 10.9 Å². The van der Waals surface area contributed by atoms with E-state index in [1.807, 2.05) is 0 Å². The van der Waals surface area contributed by atoms with E-state index in [1.54, 1.807) is 26.0 Å². The molecule has 1 aromatic rings. The lowest BCUT2D eigenvalue weighted by molar-refractivity contribution is -0.315. The molecule has 0 fully saturated rings. The third-order valence-corrected chi connectivity index (χ3v) is 3.00. The Morgan fingerprint density at radius 1 is 1.24 bits per heavy atom. The molecule has 3 atom stereocenters. The fraction of sp³-hybridized carbons (Fsp3) is 0.417. The van der Waals surface area contributed by atoms with E-state index in [1.165, 1.54) is 6.07 Å². The second kappa shape index (κ2) is 5.71. The SMILES string of the molecule is CC(Cl)c1ccc(C(O)C(=O)[O-])c(C(C)Cl)c1. The fourth-order valence-electron chi connectivity index (χ4n) is 1.56. The summed E-state index contributed by atoms with van der Waals surface area (Å²) in [6, 6.07) is 4.89. The molecule has 0 aromatic heterocycles. The van der Waals surface area contributed by atoms with Crippen molar-refractivity contribution in [3.05, 3.63) is 34.9 Å². The summed E-state index contributed by atoms with van der Waals surface area (Å²) < 4.78 is 0. The number of hydrogen-bond acceptors (Lipinski definition) is 3. The van der Waals surface area contributed by atoms with Gasteiger partial charge in [-0.05, 0) is 30.5 Å². The van der Waals surface area contributed by atoms with Gasteiger partial charge in [0.1, 0.15) is 6.10 Å². The summed E-state index contributed by atoms with van der Waals surface area (Å²) in [6.07, 6.45) is -1.68. The number of halogens is 2. The topological polar surface area (TPSA) is 60.4 Å². The highest BCUT2D eigenvalue weighted by molar-refractivity contribution is 6.21. The number of carboxylic acids is 1. The monoisotopic (exact) mass is 275 g/mol. The van der Waals surface area contributed by atoms with E-state index in [0.29, 0.717) is 5.56 Å². The molecule has 0 saturated carbocycles. The van der Waals surface area contributed by atoms with Crippen molar-refractivity contribution in [2.45, 2.75) is 30.7 Å². The number of aliphatic carboxylic acids is 1. The van der Waals surface area contributed by atoms with Gasteiger partial charge in [-0.15, -0.1) is 23.2 Å². The first-order valence-electron chi connectivity index (χ1n) is 5.15. The van der Waals surface area contributed by atoms with Crippen molar-refractivity contribution in [2.24, 2.45) is 0 Å². The summed E-state index contributed by atoms with van der Waals surface area (Å²) in [5.74, 6) is -1.55. The lowest BCUT2D eigenvalue weighted by atomic mass is 9.96. The Hall–Kier alpha value is -0.770. The molecule has 0 saturated heterocycles. The van der Waals surface area contributed by atoms with Gasteiger partial charge in [-0.1, -0.05) is 18.2 Å². The van der Waals surface area contributed by atoms with Gasteiger partial charge in [0.25, 0.3) is 0 Å². The number of hydrogen-bond donors (Lipinski definition) is 1. The molecule has 17 heavy (non-hydrogen) atoms. The summed E-state index contributed by atoms with van der Waals surface area (Å²) in [5.41, 5.74) is 1.62. The molecule has 0 aliphatic heterocycles. The maximum Gasteiger partial charge on any atom is 0.119 e. The molecule has 0 aliphatic rings. The zero-order valence-electron chi connectivity index (χ0n) is 9.48.